The molecule has 9 atom stereocenters. The highest BCUT2D eigenvalue weighted by atomic mass is 27.3. The van der Waals surface area contributed by atoms with E-state index in [1.165, 1.54) is 57.8 Å². The molecule has 6 aliphatic carbocycles. The molecule has 0 saturated heterocycles. The van der Waals surface area contributed by atoms with Crippen LogP contribution in [-0.4, -0.2) is 33.5 Å². The number of hydrogen-bond acceptors (Lipinski definition) is 3. The first-order valence-corrected chi connectivity index (χ1v) is 16.0. The molecule has 6 saturated carbocycles. The third kappa shape index (κ3) is 2.88. The van der Waals surface area contributed by atoms with Gasteiger partial charge in [0, 0.05) is 18.3 Å². The molecule has 34 heavy (non-hydrogen) atoms. The van der Waals surface area contributed by atoms with E-state index in [0.717, 1.165) is 17.8 Å². The van der Waals surface area contributed by atoms with Gasteiger partial charge >= 0.3 is 15.1 Å². The fourth-order valence-corrected chi connectivity index (χ4v) is 12.7. The Labute approximate surface area is 214 Å². The van der Waals surface area contributed by atoms with Crippen molar-refractivity contribution in [1.29, 1.82) is 0 Å². The topological polar surface area (TPSA) is 27.7 Å². The summed E-state index contributed by atoms with van der Waals surface area (Å²) < 4.78 is 21.4. The summed E-state index contributed by atoms with van der Waals surface area (Å²) >= 11 is -2.29. The minimum atomic E-state index is -2.29. The minimum absolute atomic E-state index is 0.255. The van der Waals surface area contributed by atoms with E-state index in [0.29, 0.717) is 34.6 Å². The summed E-state index contributed by atoms with van der Waals surface area (Å²) in [5.41, 5.74) is 1.84. The molecule has 0 aromatic heterocycles. The predicted molar refractivity (Wildman–Crippen MR) is 138 cm³/mol. The molecule has 0 aromatic carbocycles. The van der Waals surface area contributed by atoms with E-state index in [1.807, 2.05) is 0 Å². The molecule has 0 spiro atoms. The van der Waals surface area contributed by atoms with Crippen molar-refractivity contribution >= 4 is 15.1 Å². The normalized spacial score (nSPS) is 53.2. The Hall–Kier alpha value is 0.412. The van der Waals surface area contributed by atoms with Crippen LogP contribution in [0, 0.1) is 50.2 Å². The van der Waals surface area contributed by atoms with Gasteiger partial charge in [-0.25, -0.2) is 0 Å². The van der Waals surface area contributed by atoms with Crippen LogP contribution in [0.4, 0.5) is 0 Å². The van der Waals surface area contributed by atoms with Crippen LogP contribution in [-0.2, 0) is 11.4 Å². The van der Waals surface area contributed by atoms with Gasteiger partial charge in [-0.05, 0) is 108 Å². The molecular weight excluding hydrogens is 435 g/mol. The summed E-state index contributed by atoms with van der Waals surface area (Å²) in [6.45, 7) is 22.4. The zero-order chi connectivity index (χ0) is 24.5. The van der Waals surface area contributed by atoms with Crippen molar-refractivity contribution in [2.24, 2.45) is 50.2 Å². The average Bonchev–Trinajstić information content (AvgIpc) is 3.38. The van der Waals surface area contributed by atoms with E-state index in [9.17, 15) is 0 Å². The molecule has 3 nitrogen and oxygen atoms in total. The minimum Gasteiger partial charge on any atom is -0.451 e. The van der Waals surface area contributed by atoms with Crippen LogP contribution in [0.25, 0.3) is 0 Å². The molecule has 6 rings (SSSR count). The summed E-state index contributed by atoms with van der Waals surface area (Å²) in [5, 5.41) is 0. The van der Waals surface area contributed by atoms with Gasteiger partial charge in [-0.2, -0.15) is 0 Å². The molecule has 0 amide bonds. The quantitative estimate of drug-likeness (QED) is 0.361. The molecule has 6 fully saturated rings. The Morgan fingerprint density at radius 1 is 0.471 bits per heavy atom. The van der Waals surface area contributed by atoms with Crippen LogP contribution >= 0.6 is 0 Å². The molecule has 0 heterocycles. The highest BCUT2D eigenvalue weighted by Crippen LogP contribution is 2.69. The highest BCUT2D eigenvalue weighted by molar-refractivity contribution is 6.36. The number of rotatable bonds is 6. The molecule has 0 aliphatic heterocycles. The highest BCUT2D eigenvalue weighted by Gasteiger charge is 2.67. The van der Waals surface area contributed by atoms with Gasteiger partial charge in [0.05, 0.1) is 0 Å². The summed E-state index contributed by atoms with van der Waals surface area (Å²) in [7, 11) is 0. The van der Waals surface area contributed by atoms with Crippen molar-refractivity contribution in [3.63, 3.8) is 0 Å². The van der Waals surface area contributed by atoms with Crippen LogP contribution in [0.5, 0.6) is 0 Å². The Morgan fingerprint density at radius 3 is 0.912 bits per heavy atom. The largest absolute Gasteiger partial charge is 0.906 e. The van der Waals surface area contributed by atoms with Gasteiger partial charge in [-0.15, -0.1) is 0 Å². The van der Waals surface area contributed by atoms with E-state index in [4.69, 9.17) is 11.4 Å². The molecule has 0 N–H and O–H groups in total. The fraction of sp³-hybridized carbons (Fsp3) is 1.00. The second-order valence-corrected chi connectivity index (χ2v) is 17.4. The van der Waals surface area contributed by atoms with E-state index in [2.05, 4.69) is 62.3 Å². The predicted octanol–water partition coefficient (Wildman–Crippen LogP) is 7.67. The zero-order valence-corrected chi connectivity index (χ0v) is 24.8. The van der Waals surface area contributed by atoms with Crippen molar-refractivity contribution in [1.82, 2.24) is 0 Å². The third-order valence-electron chi connectivity index (χ3n) is 15.0. The lowest BCUT2D eigenvalue weighted by Crippen LogP contribution is -2.49. The van der Waals surface area contributed by atoms with Crippen molar-refractivity contribution in [2.45, 2.75) is 138 Å². The van der Waals surface area contributed by atoms with Gasteiger partial charge < -0.3 is 11.4 Å². The molecule has 192 valence electrons. The first kappa shape index (κ1) is 24.7. The Bertz CT molecular complexity index is 743. The third-order valence-corrected chi connectivity index (χ3v) is 16.6. The van der Waals surface area contributed by atoms with Crippen molar-refractivity contribution < 1.29 is 11.4 Å². The smallest absolute Gasteiger partial charge is 0.451 e. The standard InChI is InChI=1S/3C10H17O.Al/c3*1-9(2)7-4-5-10(9,3)8(11)6-7;/h3*7-8H,4-6H2,1-3H3;/q3*-1;+3. The first-order valence-electron chi connectivity index (χ1n) is 14.6. The lowest BCUT2D eigenvalue weighted by Gasteiger charge is -2.44. The lowest BCUT2D eigenvalue weighted by atomic mass is 9.70. The lowest BCUT2D eigenvalue weighted by molar-refractivity contribution is -0.0836. The molecule has 9 unspecified atom stereocenters. The second-order valence-electron chi connectivity index (χ2n) is 16.0. The van der Waals surface area contributed by atoms with Gasteiger partial charge in [-0.3, -0.25) is 0 Å². The molecule has 6 bridgehead atoms. The molecule has 4 heteroatoms. The van der Waals surface area contributed by atoms with Crippen LogP contribution in [0.1, 0.15) is 120 Å². The van der Waals surface area contributed by atoms with Crippen molar-refractivity contribution in [3.8, 4) is 0 Å². The van der Waals surface area contributed by atoms with Crippen LogP contribution < -0.4 is 0 Å². The maximum atomic E-state index is 7.14. The van der Waals surface area contributed by atoms with Crippen molar-refractivity contribution in [3.05, 3.63) is 0 Å². The van der Waals surface area contributed by atoms with Gasteiger partial charge in [0.2, 0.25) is 0 Å². The SMILES string of the molecule is CC1(C)C2CCC1(C)C([O][Al]([O]C1CC3CCC1(C)C3(C)C)[O]C1CC3CCC1(C)C3(C)C)C2. The van der Waals surface area contributed by atoms with Gasteiger partial charge in [0.15, 0.2) is 0 Å². The summed E-state index contributed by atoms with van der Waals surface area (Å²) in [4.78, 5) is 0. The van der Waals surface area contributed by atoms with E-state index in [-0.39, 0.29) is 16.2 Å². The molecule has 0 aromatic rings. The Kier molecular flexibility index (Phi) is 5.30. The van der Waals surface area contributed by atoms with E-state index >= 15 is 0 Å². The van der Waals surface area contributed by atoms with Gasteiger partial charge in [0.1, 0.15) is 0 Å². The average molecular weight is 487 g/mol. The summed E-state index contributed by atoms with van der Waals surface area (Å²) in [6.07, 6.45) is 12.5. The van der Waals surface area contributed by atoms with Gasteiger partial charge in [0.25, 0.3) is 0 Å². The molecular formula is C30H51AlO3. The maximum Gasteiger partial charge on any atom is 0.906 e. The number of fused-ring (bicyclic) bond motifs is 6. The Morgan fingerprint density at radius 2 is 0.735 bits per heavy atom. The number of hydrogen-bond donors (Lipinski definition) is 0. The zero-order valence-electron chi connectivity index (χ0n) is 23.6. The van der Waals surface area contributed by atoms with Gasteiger partial charge in [-0.1, -0.05) is 62.3 Å². The molecule has 6 aliphatic rings. The van der Waals surface area contributed by atoms with E-state index < -0.39 is 15.1 Å². The second kappa shape index (κ2) is 7.29. The van der Waals surface area contributed by atoms with Crippen LogP contribution in [0.15, 0.2) is 0 Å². The van der Waals surface area contributed by atoms with E-state index in [1.54, 1.807) is 0 Å². The monoisotopic (exact) mass is 486 g/mol. The first-order chi connectivity index (χ1) is 15.7. The Balaban J connectivity index is 1.25. The van der Waals surface area contributed by atoms with Crippen LogP contribution in [0.3, 0.4) is 0 Å². The van der Waals surface area contributed by atoms with Crippen molar-refractivity contribution in [2.75, 3.05) is 0 Å². The fourth-order valence-electron chi connectivity index (χ4n) is 10.5. The summed E-state index contributed by atoms with van der Waals surface area (Å²) in [6, 6.07) is 0. The maximum absolute atomic E-state index is 7.14. The molecule has 0 radical (unpaired) electrons. The van der Waals surface area contributed by atoms with Crippen LogP contribution in [0.2, 0.25) is 0 Å². The summed E-state index contributed by atoms with van der Waals surface area (Å²) in [5.74, 6) is 2.36.